The van der Waals surface area contributed by atoms with Crippen LogP contribution in [0.15, 0.2) is 53.4 Å². The minimum absolute atomic E-state index is 0.180. The lowest BCUT2D eigenvalue weighted by Gasteiger charge is -2.31. The third kappa shape index (κ3) is 5.17. The number of quaternary nitrogens is 1. The second-order valence-corrected chi connectivity index (χ2v) is 8.90. The number of sulfonamides is 1. The first-order valence-electron chi connectivity index (χ1n) is 9.44. The van der Waals surface area contributed by atoms with Gasteiger partial charge in [0.2, 0.25) is 10.0 Å². The number of piperazine rings is 1. The maximum atomic E-state index is 12.8. The Morgan fingerprint density at radius 2 is 1.61 bits per heavy atom. The van der Waals surface area contributed by atoms with Gasteiger partial charge in [-0.15, -0.1) is 0 Å². The molecule has 0 spiro atoms. The van der Waals surface area contributed by atoms with E-state index in [0.717, 1.165) is 31.1 Å². The summed E-state index contributed by atoms with van der Waals surface area (Å²) in [4.78, 5) is 1.51. The van der Waals surface area contributed by atoms with Crippen LogP contribution in [0.4, 0.5) is 0 Å². The van der Waals surface area contributed by atoms with E-state index >= 15 is 0 Å². The van der Waals surface area contributed by atoms with Gasteiger partial charge in [-0.3, -0.25) is 0 Å². The number of hydrogen-bond acceptors (Lipinski definition) is 4. The highest BCUT2D eigenvalue weighted by Crippen LogP contribution is 2.24. The van der Waals surface area contributed by atoms with Crippen LogP contribution >= 0.6 is 11.6 Å². The molecule has 0 unspecified atom stereocenters. The molecule has 0 atom stereocenters. The van der Waals surface area contributed by atoms with Crippen LogP contribution in [0.2, 0.25) is 5.02 Å². The zero-order valence-electron chi connectivity index (χ0n) is 15.9. The molecule has 1 N–H and O–H groups in total. The summed E-state index contributed by atoms with van der Waals surface area (Å²) in [6, 6.07) is 14.2. The number of hydrogen-bond donors (Lipinski definition) is 1. The van der Waals surface area contributed by atoms with Crippen molar-refractivity contribution in [2.45, 2.75) is 11.8 Å². The zero-order valence-corrected chi connectivity index (χ0v) is 17.5. The first kappa shape index (κ1) is 20.9. The van der Waals surface area contributed by atoms with Gasteiger partial charge in [0.1, 0.15) is 29.5 Å². The van der Waals surface area contributed by atoms with E-state index in [2.05, 4.69) is 0 Å². The van der Waals surface area contributed by atoms with E-state index in [-0.39, 0.29) is 9.92 Å². The van der Waals surface area contributed by atoms with E-state index in [1.54, 1.807) is 24.3 Å². The van der Waals surface area contributed by atoms with Crippen molar-refractivity contribution in [2.75, 3.05) is 45.9 Å². The average Bonchev–Trinajstić information content (AvgIpc) is 2.70. The predicted molar refractivity (Wildman–Crippen MR) is 109 cm³/mol. The third-order valence-corrected chi connectivity index (χ3v) is 7.14. The molecule has 3 rings (SSSR count). The van der Waals surface area contributed by atoms with E-state index in [1.807, 2.05) is 31.2 Å². The van der Waals surface area contributed by atoms with Gasteiger partial charge in [0.05, 0.1) is 37.8 Å². The molecule has 0 radical (unpaired) electrons. The fraction of sp³-hybridized carbons (Fsp3) is 0.400. The molecular weight excluding hydrogens is 400 g/mol. The van der Waals surface area contributed by atoms with Crippen LogP contribution in [-0.2, 0) is 10.0 Å². The Morgan fingerprint density at radius 3 is 2.21 bits per heavy atom. The lowest BCUT2D eigenvalue weighted by atomic mass is 10.3. The number of nitrogens with zero attached hydrogens (tertiary/aromatic N) is 1. The highest BCUT2D eigenvalue weighted by molar-refractivity contribution is 7.89. The number of ether oxygens (including phenoxy) is 2. The molecule has 6 nitrogen and oxygen atoms in total. The van der Waals surface area contributed by atoms with Gasteiger partial charge in [-0.2, -0.15) is 4.31 Å². The van der Waals surface area contributed by atoms with Crippen LogP contribution in [0, 0.1) is 0 Å². The lowest BCUT2D eigenvalue weighted by Crippen LogP contribution is -3.15. The van der Waals surface area contributed by atoms with Gasteiger partial charge in [-0.25, -0.2) is 8.42 Å². The second kappa shape index (κ2) is 9.60. The van der Waals surface area contributed by atoms with E-state index in [4.69, 9.17) is 21.1 Å². The highest BCUT2D eigenvalue weighted by atomic mass is 35.5. The molecule has 1 aliphatic rings. The van der Waals surface area contributed by atoms with Gasteiger partial charge in [0, 0.05) is 0 Å². The summed E-state index contributed by atoms with van der Waals surface area (Å²) < 4.78 is 38.3. The average molecular weight is 426 g/mol. The van der Waals surface area contributed by atoms with Crippen molar-refractivity contribution in [3.8, 4) is 11.5 Å². The zero-order chi connectivity index (χ0) is 20.0. The van der Waals surface area contributed by atoms with Crippen LogP contribution in [0.5, 0.6) is 11.5 Å². The largest absolute Gasteiger partial charge is 0.494 e. The molecule has 1 aliphatic heterocycles. The molecule has 2 aromatic rings. The summed E-state index contributed by atoms with van der Waals surface area (Å²) in [7, 11) is -3.54. The van der Waals surface area contributed by atoms with Crippen molar-refractivity contribution in [1.29, 1.82) is 0 Å². The maximum absolute atomic E-state index is 12.8. The molecule has 0 aliphatic carbocycles. The van der Waals surface area contributed by atoms with Crippen molar-refractivity contribution in [3.63, 3.8) is 0 Å². The molecule has 1 heterocycles. The molecular formula is C20H26ClN2O4S+. The molecule has 0 saturated carbocycles. The van der Waals surface area contributed by atoms with Crippen molar-refractivity contribution < 1.29 is 22.8 Å². The van der Waals surface area contributed by atoms with Gasteiger partial charge < -0.3 is 14.4 Å². The summed E-state index contributed by atoms with van der Waals surface area (Å²) in [6.07, 6.45) is 0. The van der Waals surface area contributed by atoms with Gasteiger partial charge >= 0.3 is 0 Å². The summed E-state index contributed by atoms with van der Waals surface area (Å²) in [5.74, 6) is 1.64. The highest BCUT2D eigenvalue weighted by Gasteiger charge is 2.31. The maximum Gasteiger partial charge on any atom is 0.244 e. The normalized spacial score (nSPS) is 16.1. The minimum atomic E-state index is -3.54. The fourth-order valence-corrected chi connectivity index (χ4v) is 5.13. The lowest BCUT2D eigenvalue weighted by molar-refractivity contribution is -0.903. The van der Waals surface area contributed by atoms with Crippen LogP contribution < -0.4 is 14.4 Å². The summed E-state index contributed by atoms with van der Waals surface area (Å²) in [6.45, 7) is 6.45. The molecule has 0 aromatic heterocycles. The van der Waals surface area contributed by atoms with Crippen molar-refractivity contribution in [1.82, 2.24) is 4.31 Å². The monoisotopic (exact) mass is 425 g/mol. The van der Waals surface area contributed by atoms with E-state index < -0.39 is 10.0 Å². The minimum Gasteiger partial charge on any atom is -0.494 e. The number of rotatable bonds is 8. The SMILES string of the molecule is CCOc1ccc(OCC[NH+]2CCN(S(=O)(=O)c3ccccc3Cl)CC2)cc1. The molecule has 1 saturated heterocycles. The first-order chi connectivity index (χ1) is 13.5. The number of nitrogens with one attached hydrogen (secondary N) is 1. The number of halogens is 1. The summed E-state index contributed by atoms with van der Waals surface area (Å²) in [5.41, 5.74) is 0. The van der Waals surface area contributed by atoms with E-state index in [0.29, 0.717) is 26.3 Å². The summed E-state index contributed by atoms with van der Waals surface area (Å²) in [5, 5.41) is 0.265. The van der Waals surface area contributed by atoms with Gasteiger partial charge in [-0.1, -0.05) is 23.7 Å². The Kier molecular flexibility index (Phi) is 7.18. The molecule has 1 fully saturated rings. The fourth-order valence-electron chi connectivity index (χ4n) is 3.20. The van der Waals surface area contributed by atoms with Crippen molar-refractivity contribution in [2.24, 2.45) is 0 Å². The standard InChI is InChI=1S/C20H25ClN2O4S/c1-2-26-17-7-9-18(10-8-17)27-16-15-22-11-13-23(14-12-22)28(24,25)20-6-4-3-5-19(20)21/h3-10H,2,11-16H2,1H3/p+1. The van der Waals surface area contributed by atoms with Crippen LogP contribution in [0.1, 0.15) is 6.92 Å². The Morgan fingerprint density at radius 1 is 1.00 bits per heavy atom. The Balaban J connectivity index is 1.46. The van der Waals surface area contributed by atoms with Gasteiger partial charge in [0.15, 0.2) is 0 Å². The van der Waals surface area contributed by atoms with E-state index in [9.17, 15) is 8.42 Å². The second-order valence-electron chi connectivity index (χ2n) is 6.59. The smallest absolute Gasteiger partial charge is 0.244 e. The molecule has 0 amide bonds. The van der Waals surface area contributed by atoms with Crippen molar-refractivity contribution in [3.05, 3.63) is 53.6 Å². The Labute approximate surface area is 171 Å². The predicted octanol–water partition coefficient (Wildman–Crippen LogP) is 1.71. The van der Waals surface area contributed by atoms with Gasteiger partial charge in [-0.05, 0) is 43.3 Å². The topological polar surface area (TPSA) is 60.3 Å². The Hall–Kier alpha value is -1.80. The van der Waals surface area contributed by atoms with Crippen molar-refractivity contribution >= 4 is 21.6 Å². The van der Waals surface area contributed by atoms with Crippen LogP contribution in [0.25, 0.3) is 0 Å². The molecule has 152 valence electrons. The van der Waals surface area contributed by atoms with E-state index in [1.165, 1.54) is 9.21 Å². The quantitative estimate of drug-likeness (QED) is 0.699. The van der Waals surface area contributed by atoms with Crippen LogP contribution in [-0.4, -0.2) is 58.7 Å². The molecule has 2 aromatic carbocycles. The summed E-state index contributed by atoms with van der Waals surface area (Å²) >= 11 is 6.08. The number of benzene rings is 2. The molecule has 28 heavy (non-hydrogen) atoms. The van der Waals surface area contributed by atoms with Crippen LogP contribution in [0.3, 0.4) is 0 Å². The molecule has 0 bridgehead atoms. The third-order valence-electron chi connectivity index (χ3n) is 4.74. The van der Waals surface area contributed by atoms with Gasteiger partial charge in [0.25, 0.3) is 0 Å². The Bertz CT molecular complexity index is 866. The molecule has 8 heteroatoms. The first-order valence-corrected chi connectivity index (χ1v) is 11.3.